The van der Waals surface area contributed by atoms with Gasteiger partial charge in [0.05, 0.1) is 17.4 Å². The van der Waals surface area contributed by atoms with Gasteiger partial charge in [0.2, 0.25) is 0 Å². The van der Waals surface area contributed by atoms with Crippen molar-refractivity contribution in [2.75, 3.05) is 0 Å². The number of para-hydroxylation sites is 1. The number of nitrogens with two attached hydrogens (primary N) is 1. The fraction of sp³-hybridized carbons (Fsp3) is 0.278. The van der Waals surface area contributed by atoms with E-state index in [-0.39, 0.29) is 0 Å². The summed E-state index contributed by atoms with van der Waals surface area (Å²) < 4.78 is 8.18. The molecule has 2 heterocycles. The molecule has 2 N–H and O–H groups in total. The molecule has 22 heavy (non-hydrogen) atoms. The van der Waals surface area contributed by atoms with Crippen molar-refractivity contribution in [3.05, 3.63) is 60.0 Å². The summed E-state index contributed by atoms with van der Waals surface area (Å²) in [4.78, 5) is 4.08. The fourth-order valence-corrected chi connectivity index (χ4v) is 2.87. The van der Waals surface area contributed by atoms with Crippen LogP contribution in [0.25, 0.3) is 10.9 Å². The Balaban J connectivity index is 2.00. The van der Waals surface area contributed by atoms with E-state index in [1.807, 2.05) is 12.1 Å². The second kappa shape index (κ2) is 6.20. The normalized spacial score (nSPS) is 11.3. The Morgan fingerprint density at radius 1 is 1.23 bits per heavy atom. The van der Waals surface area contributed by atoms with Crippen LogP contribution >= 0.6 is 0 Å². The molecule has 3 rings (SSSR count). The minimum absolute atomic E-state index is 0.345. The van der Waals surface area contributed by atoms with Crippen molar-refractivity contribution < 1.29 is 4.74 Å². The van der Waals surface area contributed by atoms with E-state index in [1.54, 1.807) is 12.4 Å². The van der Waals surface area contributed by atoms with Crippen LogP contribution in [0.5, 0.6) is 5.75 Å². The number of benzene rings is 1. The van der Waals surface area contributed by atoms with Crippen molar-refractivity contribution in [3.8, 4) is 5.75 Å². The van der Waals surface area contributed by atoms with Gasteiger partial charge in [0, 0.05) is 24.2 Å². The molecule has 1 aromatic carbocycles. The predicted octanol–water partition coefficient (Wildman–Crippen LogP) is 3.65. The maximum absolute atomic E-state index is 5.91. The van der Waals surface area contributed by atoms with Crippen LogP contribution in [0.15, 0.2) is 48.8 Å². The van der Waals surface area contributed by atoms with Gasteiger partial charge in [-0.25, -0.2) is 0 Å². The van der Waals surface area contributed by atoms with Crippen molar-refractivity contribution in [2.24, 2.45) is 5.73 Å². The van der Waals surface area contributed by atoms with E-state index >= 15 is 0 Å². The molecular weight excluding hydrogens is 274 g/mol. The van der Waals surface area contributed by atoms with Crippen LogP contribution in [0, 0.1) is 0 Å². The highest BCUT2D eigenvalue weighted by Crippen LogP contribution is 2.28. The molecule has 0 aliphatic carbocycles. The third-order valence-electron chi connectivity index (χ3n) is 3.78. The minimum Gasteiger partial charge on any atom is -0.486 e. The van der Waals surface area contributed by atoms with Gasteiger partial charge in [-0.2, -0.15) is 0 Å². The average molecular weight is 295 g/mol. The van der Waals surface area contributed by atoms with Gasteiger partial charge < -0.3 is 15.0 Å². The second-order valence-corrected chi connectivity index (χ2v) is 5.64. The largest absolute Gasteiger partial charge is 0.486 e. The van der Waals surface area contributed by atoms with Gasteiger partial charge in [0.1, 0.15) is 12.4 Å². The zero-order valence-electron chi connectivity index (χ0n) is 13.0. The predicted molar refractivity (Wildman–Crippen MR) is 88.8 cm³/mol. The van der Waals surface area contributed by atoms with Crippen molar-refractivity contribution >= 4 is 10.9 Å². The first-order valence-electron chi connectivity index (χ1n) is 7.55. The molecule has 114 valence electrons. The summed E-state index contributed by atoms with van der Waals surface area (Å²) in [5, 5.41) is 1.21. The molecule has 0 aliphatic heterocycles. The first-order chi connectivity index (χ1) is 10.7. The summed E-state index contributed by atoms with van der Waals surface area (Å²) in [7, 11) is 0. The lowest BCUT2D eigenvalue weighted by Gasteiger charge is -2.17. The number of hydrogen-bond donors (Lipinski definition) is 1. The maximum atomic E-state index is 5.91. The standard InChI is InChI=1S/C18H21N3O/c1-13(2)21-16(12-22-17-7-4-8-20-11-17)9-14-5-3-6-15(10-19)18(14)21/h3-9,11,13H,10,12,19H2,1-2H3. The van der Waals surface area contributed by atoms with Gasteiger partial charge in [-0.1, -0.05) is 18.2 Å². The molecule has 3 aromatic rings. The Morgan fingerprint density at radius 2 is 2.09 bits per heavy atom. The topological polar surface area (TPSA) is 53.1 Å². The SMILES string of the molecule is CC(C)n1c(COc2cccnc2)cc2cccc(CN)c21. The van der Waals surface area contributed by atoms with Crippen molar-refractivity contribution in [1.29, 1.82) is 0 Å². The van der Waals surface area contributed by atoms with Crippen molar-refractivity contribution in [2.45, 2.75) is 33.0 Å². The highest BCUT2D eigenvalue weighted by atomic mass is 16.5. The number of ether oxygens (including phenoxy) is 1. The number of hydrogen-bond acceptors (Lipinski definition) is 3. The van der Waals surface area contributed by atoms with Crippen LogP contribution < -0.4 is 10.5 Å². The highest BCUT2D eigenvalue weighted by molar-refractivity contribution is 5.84. The van der Waals surface area contributed by atoms with Crippen LogP contribution in [0.4, 0.5) is 0 Å². The van der Waals surface area contributed by atoms with Crippen LogP contribution in [0.2, 0.25) is 0 Å². The van der Waals surface area contributed by atoms with Gasteiger partial charge in [0.15, 0.2) is 0 Å². The number of rotatable bonds is 5. The molecule has 0 atom stereocenters. The van der Waals surface area contributed by atoms with E-state index in [0.29, 0.717) is 19.2 Å². The fourth-order valence-electron chi connectivity index (χ4n) is 2.87. The van der Waals surface area contributed by atoms with Gasteiger partial charge in [0.25, 0.3) is 0 Å². The highest BCUT2D eigenvalue weighted by Gasteiger charge is 2.14. The van der Waals surface area contributed by atoms with E-state index in [4.69, 9.17) is 10.5 Å². The second-order valence-electron chi connectivity index (χ2n) is 5.64. The summed E-state index contributed by atoms with van der Waals surface area (Å²) in [6.07, 6.45) is 3.47. The van der Waals surface area contributed by atoms with Crippen LogP contribution in [-0.4, -0.2) is 9.55 Å². The first-order valence-corrected chi connectivity index (χ1v) is 7.55. The summed E-state index contributed by atoms with van der Waals surface area (Å²) >= 11 is 0. The van der Waals surface area contributed by atoms with Gasteiger partial charge >= 0.3 is 0 Å². The van der Waals surface area contributed by atoms with E-state index < -0.39 is 0 Å². The van der Waals surface area contributed by atoms with Crippen LogP contribution in [0.3, 0.4) is 0 Å². The quantitative estimate of drug-likeness (QED) is 0.781. The molecule has 0 saturated carbocycles. The Kier molecular flexibility index (Phi) is 4.11. The number of aromatic nitrogens is 2. The molecule has 2 aromatic heterocycles. The molecule has 0 spiro atoms. The summed E-state index contributed by atoms with van der Waals surface area (Å²) in [5.74, 6) is 0.780. The zero-order valence-corrected chi connectivity index (χ0v) is 13.0. The maximum Gasteiger partial charge on any atom is 0.138 e. The Hall–Kier alpha value is -2.33. The molecule has 4 nitrogen and oxygen atoms in total. The van der Waals surface area contributed by atoms with Crippen molar-refractivity contribution in [1.82, 2.24) is 9.55 Å². The van der Waals surface area contributed by atoms with E-state index in [2.05, 4.69) is 47.7 Å². The lowest BCUT2D eigenvalue weighted by molar-refractivity contribution is 0.292. The molecule has 0 amide bonds. The summed E-state index contributed by atoms with van der Waals surface area (Å²) in [6.45, 7) is 5.42. The van der Waals surface area contributed by atoms with Crippen LogP contribution in [-0.2, 0) is 13.2 Å². The average Bonchev–Trinajstić information content (AvgIpc) is 2.92. The third-order valence-corrected chi connectivity index (χ3v) is 3.78. The minimum atomic E-state index is 0.345. The molecular formula is C18H21N3O. The Bertz CT molecular complexity index is 763. The number of nitrogens with zero attached hydrogens (tertiary/aromatic N) is 2. The van der Waals surface area contributed by atoms with E-state index in [1.165, 1.54) is 16.5 Å². The first kappa shape index (κ1) is 14.6. The zero-order chi connectivity index (χ0) is 15.5. The smallest absolute Gasteiger partial charge is 0.138 e. The number of pyridine rings is 1. The lowest BCUT2D eigenvalue weighted by Crippen LogP contribution is -2.10. The molecule has 0 saturated heterocycles. The summed E-state index contributed by atoms with van der Waals surface area (Å²) in [6, 6.07) is 12.6. The summed E-state index contributed by atoms with van der Waals surface area (Å²) in [5.41, 5.74) is 9.43. The molecule has 0 radical (unpaired) electrons. The molecule has 0 unspecified atom stereocenters. The monoisotopic (exact) mass is 295 g/mol. The van der Waals surface area contributed by atoms with Crippen molar-refractivity contribution in [3.63, 3.8) is 0 Å². The van der Waals surface area contributed by atoms with E-state index in [0.717, 1.165) is 11.4 Å². The lowest BCUT2D eigenvalue weighted by atomic mass is 10.1. The third kappa shape index (κ3) is 2.70. The van der Waals surface area contributed by atoms with Gasteiger partial charge in [-0.15, -0.1) is 0 Å². The number of fused-ring (bicyclic) bond motifs is 1. The Labute approximate surface area is 130 Å². The molecule has 0 fully saturated rings. The molecule has 0 aliphatic rings. The van der Waals surface area contributed by atoms with E-state index in [9.17, 15) is 0 Å². The van der Waals surface area contributed by atoms with Gasteiger partial charge in [-0.3, -0.25) is 4.98 Å². The molecule has 4 heteroatoms. The van der Waals surface area contributed by atoms with Crippen LogP contribution in [0.1, 0.15) is 31.1 Å². The van der Waals surface area contributed by atoms with Gasteiger partial charge in [-0.05, 0) is 37.6 Å². The Morgan fingerprint density at radius 3 is 2.77 bits per heavy atom. The molecule has 0 bridgehead atoms.